The van der Waals surface area contributed by atoms with Gasteiger partial charge in [0.25, 0.3) is 0 Å². The molecule has 0 aliphatic carbocycles. The predicted molar refractivity (Wildman–Crippen MR) is 47.6 cm³/mol. The van der Waals surface area contributed by atoms with Crippen molar-refractivity contribution in [3.05, 3.63) is 34.4 Å². The lowest BCUT2D eigenvalue weighted by molar-refractivity contribution is 0.629. The van der Waals surface area contributed by atoms with Crippen LogP contribution in [0.15, 0.2) is 22.9 Å². The lowest BCUT2D eigenvalue weighted by atomic mass is 10.4. The fraction of sp³-hybridized carbons (Fsp3) is 0.125. The number of hydrogen-bond acceptors (Lipinski definition) is 1. The number of imidazole rings is 1. The van der Waals surface area contributed by atoms with Gasteiger partial charge >= 0.3 is 0 Å². The smallest absolute Gasteiger partial charge is 0.174 e. The monoisotopic (exact) mass is 228 g/mol. The Morgan fingerprint density at radius 3 is 3.00 bits per heavy atom. The standard InChI is InChI=1S/C8H6BrFN2/c1-5-7(9)11-8-6(10)3-2-4-12(5)8/h2-4H,1H3. The number of fused-ring (bicyclic) bond motifs is 1. The van der Waals surface area contributed by atoms with Crippen LogP contribution < -0.4 is 0 Å². The SMILES string of the molecule is Cc1c(Br)nc2c(F)cccn12. The molecule has 2 nitrogen and oxygen atoms in total. The van der Waals surface area contributed by atoms with Gasteiger partial charge in [0.1, 0.15) is 4.60 Å². The summed E-state index contributed by atoms with van der Waals surface area (Å²) in [6.45, 7) is 1.88. The highest BCUT2D eigenvalue weighted by atomic mass is 79.9. The van der Waals surface area contributed by atoms with Gasteiger partial charge in [0.15, 0.2) is 11.5 Å². The molecule has 12 heavy (non-hydrogen) atoms. The van der Waals surface area contributed by atoms with Gasteiger partial charge in [0.2, 0.25) is 0 Å². The fourth-order valence-corrected chi connectivity index (χ4v) is 1.48. The van der Waals surface area contributed by atoms with E-state index in [0.717, 1.165) is 5.69 Å². The van der Waals surface area contributed by atoms with Crippen LogP contribution in [0.25, 0.3) is 5.65 Å². The van der Waals surface area contributed by atoms with Gasteiger partial charge in [-0.2, -0.15) is 0 Å². The van der Waals surface area contributed by atoms with Gasteiger partial charge in [-0.25, -0.2) is 9.37 Å². The van der Waals surface area contributed by atoms with Crippen LogP contribution in [-0.4, -0.2) is 9.38 Å². The zero-order chi connectivity index (χ0) is 8.72. The quantitative estimate of drug-likeness (QED) is 0.678. The zero-order valence-corrected chi connectivity index (χ0v) is 7.97. The van der Waals surface area contributed by atoms with E-state index in [9.17, 15) is 4.39 Å². The maximum Gasteiger partial charge on any atom is 0.174 e. The molecule has 2 aromatic heterocycles. The van der Waals surface area contributed by atoms with E-state index in [2.05, 4.69) is 20.9 Å². The van der Waals surface area contributed by atoms with Crippen molar-refractivity contribution >= 4 is 21.6 Å². The maximum absolute atomic E-state index is 13.1. The molecule has 62 valence electrons. The van der Waals surface area contributed by atoms with Crippen molar-refractivity contribution in [1.29, 1.82) is 0 Å². The lowest BCUT2D eigenvalue weighted by Crippen LogP contribution is -1.88. The molecule has 0 unspecified atom stereocenters. The summed E-state index contributed by atoms with van der Waals surface area (Å²) in [4.78, 5) is 4.02. The van der Waals surface area contributed by atoms with Crippen molar-refractivity contribution in [3.63, 3.8) is 0 Å². The molecule has 0 spiro atoms. The number of nitrogens with zero attached hydrogens (tertiary/aromatic N) is 2. The minimum atomic E-state index is -0.300. The summed E-state index contributed by atoms with van der Waals surface area (Å²) < 4.78 is 15.5. The Hall–Kier alpha value is -0.900. The molecule has 4 heteroatoms. The van der Waals surface area contributed by atoms with Crippen LogP contribution in [0, 0.1) is 12.7 Å². The van der Waals surface area contributed by atoms with Crippen molar-refractivity contribution in [2.45, 2.75) is 6.92 Å². The Kier molecular flexibility index (Phi) is 1.65. The van der Waals surface area contributed by atoms with Crippen LogP contribution in [-0.2, 0) is 0 Å². The zero-order valence-electron chi connectivity index (χ0n) is 6.38. The first-order valence-corrected chi connectivity index (χ1v) is 4.28. The number of aromatic nitrogens is 2. The van der Waals surface area contributed by atoms with Gasteiger partial charge < -0.3 is 4.40 Å². The van der Waals surface area contributed by atoms with Crippen LogP contribution in [0.1, 0.15) is 5.69 Å². The van der Waals surface area contributed by atoms with Crippen LogP contribution in [0.5, 0.6) is 0 Å². The predicted octanol–water partition coefficient (Wildman–Crippen LogP) is 2.54. The summed E-state index contributed by atoms with van der Waals surface area (Å²) in [6, 6.07) is 3.05. The van der Waals surface area contributed by atoms with E-state index in [0.29, 0.717) is 10.3 Å². The number of aryl methyl sites for hydroxylation is 1. The van der Waals surface area contributed by atoms with Gasteiger partial charge in [-0.3, -0.25) is 0 Å². The molecular weight excluding hydrogens is 223 g/mol. The average molecular weight is 229 g/mol. The minimum Gasteiger partial charge on any atom is -0.301 e. The molecule has 0 saturated carbocycles. The summed E-state index contributed by atoms with van der Waals surface area (Å²) >= 11 is 3.24. The van der Waals surface area contributed by atoms with Crippen molar-refractivity contribution < 1.29 is 4.39 Å². The molecular formula is C8H6BrFN2. The second-order valence-electron chi connectivity index (χ2n) is 2.54. The normalized spacial score (nSPS) is 10.9. The third-order valence-corrected chi connectivity index (χ3v) is 2.53. The molecule has 0 aliphatic rings. The summed E-state index contributed by atoms with van der Waals surface area (Å²) in [5, 5.41) is 0. The summed E-state index contributed by atoms with van der Waals surface area (Å²) in [5.74, 6) is -0.300. The molecule has 0 saturated heterocycles. The van der Waals surface area contributed by atoms with E-state index in [1.165, 1.54) is 6.07 Å². The fourth-order valence-electron chi connectivity index (χ4n) is 1.12. The van der Waals surface area contributed by atoms with Crippen LogP contribution in [0.2, 0.25) is 0 Å². The van der Waals surface area contributed by atoms with Gasteiger partial charge in [-0.15, -0.1) is 0 Å². The van der Waals surface area contributed by atoms with Gasteiger partial charge in [0.05, 0.1) is 5.69 Å². The molecule has 2 aromatic rings. The third-order valence-electron chi connectivity index (χ3n) is 1.78. The Bertz CT molecular complexity index is 436. The molecule has 0 aliphatic heterocycles. The van der Waals surface area contributed by atoms with Crippen LogP contribution in [0.3, 0.4) is 0 Å². The topological polar surface area (TPSA) is 17.3 Å². The molecule has 0 aromatic carbocycles. The first-order chi connectivity index (χ1) is 5.70. The molecule has 0 bridgehead atoms. The molecule has 0 fully saturated rings. The number of rotatable bonds is 0. The first-order valence-electron chi connectivity index (χ1n) is 3.49. The molecule has 2 heterocycles. The Labute approximate surface area is 77.2 Å². The Morgan fingerprint density at radius 2 is 2.33 bits per heavy atom. The van der Waals surface area contributed by atoms with Crippen molar-refractivity contribution in [2.75, 3.05) is 0 Å². The highest BCUT2D eigenvalue weighted by Gasteiger charge is 2.07. The number of hydrogen-bond donors (Lipinski definition) is 0. The second-order valence-corrected chi connectivity index (χ2v) is 3.29. The highest BCUT2D eigenvalue weighted by Crippen LogP contribution is 2.18. The van der Waals surface area contributed by atoms with E-state index < -0.39 is 0 Å². The molecule has 0 N–H and O–H groups in total. The molecule has 0 amide bonds. The first kappa shape index (κ1) is 7.73. The molecule has 0 radical (unpaired) electrons. The second kappa shape index (κ2) is 2.55. The summed E-state index contributed by atoms with van der Waals surface area (Å²) in [7, 11) is 0. The molecule has 0 atom stereocenters. The Balaban J connectivity index is 2.95. The maximum atomic E-state index is 13.1. The van der Waals surface area contributed by atoms with E-state index in [4.69, 9.17) is 0 Å². The average Bonchev–Trinajstić information content (AvgIpc) is 2.32. The van der Waals surface area contributed by atoms with Gasteiger partial charge in [-0.1, -0.05) is 0 Å². The Morgan fingerprint density at radius 1 is 1.58 bits per heavy atom. The highest BCUT2D eigenvalue weighted by molar-refractivity contribution is 9.10. The van der Waals surface area contributed by atoms with E-state index in [-0.39, 0.29) is 5.82 Å². The molecule has 2 rings (SSSR count). The third kappa shape index (κ3) is 0.948. The largest absolute Gasteiger partial charge is 0.301 e. The van der Waals surface area contributed by atoms with Crippen molar-refractivity contribution in [2.24, 2.45) is 0 Å². The van der Waals surface area contributed by atoms with Crippen LogP contribution >= 0.6 is 15.9 Å². The number of pyridine rings is 1. The summed E-state index contributed by atoms with van der Waals surface area (Å²) in [6.07, 6.45) is 1.78. The van der Waals surface area contributed by atoms with Crippen molar-refractivity contribution in [1.82, 2.24) is 9.38 Å². The number of halogens is 2. The van der Waals surface area contributed by atoms with E-state index in [1.807, 2.05) is 6.92 Å². The minimum absolute atomic E-state index is 0.300. The van der Waals surface area contributed by atoms with E-state index >= 15 is 0 Å². The lowest BCUT2D eigenvalue weighted by Gasteiger charge is -1.94. The van der Waals surface area contributed by atoms with Gasteiger partial charge in [-0.05, 0) is 35.0 Å². The van der Waals surface area contributed by atoms with E-state index in [1.54, 1.807) is 16.7 Å². The summed E-state index contributed by atoms with van der Waals surface area (Å²) in [5.41, 5.74) is 1.27. The van der Waals surface area contributed by atoms with Crippen LogP contribution in [0.4, 0.5) is 4.39 Å². The van der Waals surface area contributed by atoms with Crippen molar-refractivity contribution in [3.8, 4) is 0 Å². The van der Waals surface area contributed by atoms with Gasteiger partial charge in [0, 0.05) is 6.20 Å².